The zero-order valence-electron chi connectivity index (χ0n) is 14.7. The lowest BCUT2D eigenvalue weighted by Crippen LogP contribution is -2.34. The molecule has 2 rings (SSSR count). The monoisotopic (exact) mass is 448 g/mol. The Morgan fingerprint density at radius 2 is 1.70 bits per heavy atom. The van der Waals surface area contributed by atoms with Crippen molar-refractivity contribution in [1.29, 1.82) is 0 Å². The van der Waals surface area contributed by atoms with Gasteiger partial charge in [-0.15, -0.1) is 0 Å². The largest absolute Gasteiger partial charge is 0.349 e. The molecule has 0 spiro atoms. The average Bonchev–Trinajstić information content (AvgIpc) is 2.58. The first-order valence-corrected chi connectivity index (χ1v) is 10.9. The molecule has 146 valence electrons. The number of hydrogen-bond acceptors (Lipinski definition) is 3. The molecule has 9 heteroatoms. The highest BCUT2D eigenvalue weighted by Crippen LogP contribution is 2.30. The van der Waals surface area contributed by atoms with Crippen LogP contribution in [-0.4, -0.2) is 20.4 Å². The lowest BCUT2D eigenvalue weighted by atomic mass is 10.1. The molecule has 0 aliphatic heterocycles. The predicted octanol–water partition coefficient (Wildman–Crippen LogP) is 5.37. The molecule has 0 saturated carbocycles. The summed E-state index contributed by atoms with van der Waals surface area (Å²) in [5.74, 6) is -0.454. The molecular weight excluding hydrogens is 431 g/mol. The number of carbonyl (C=O) groups excluding carboxylic acids is 1. The molecule has 0 unspecified atom stereocenters. The molecule has 5 nitrogen and oxygen atoms in total. The molecule has 0 heterocycles. The van der Waals surface area contributed by atoms with Crippen molar-refractivity contribution in [3.63, 3.8) is 0 Å². The van der Waals surface area contributed by atoms with Gasteiger partial charge in [-0.3, -0.25) is 9.52 Å². The van der Waals surface area contributed by atoms with Gasteiger partial charge in [-0.2, -0.15) is 0 Å². The van der Waals surface area contributed by atoms with Crippen molar-refractivity contribution in [2.75, 3.05) is 4.72 Å². The Bertz CT molecular complexity index is 945. The topological polar surface area (TPSA) is 75.3 Å². The van der Waals surface area contributed by atoms with E-state index in [2.05, 4.69) is 10.0 Å². The summed E-state index contributed by atoms with van der Waals surface area (Å²) >= 11 is 18.1. The summed E-state index contributed by atoms with van der Waals surface area (Å²) in [4.78, 5) is 12.3. The van der Waals surface area contributed by atoms with E-state index in [1.165, 1.54) is 18.2 Å². The fourth-order valence-electron chi connectivity index (χ4n) is 2.43. The van der Waals surface area contributed by atoms with Gasteiger partial charge in [0.25, 0.3) is 15.9 Å². The van der Waals surface area contributed by atoms with E-state index < -0.39 is 15.9 Å². The Balaban J connectivity index is 2.40. The van der Waals surface area contributed by atoms with Crippen molar-refractivity contribution in [3.8, 4) is 0 Å². The average molecular weight is 450 g/mol. The number of benzene rings is 2. The maximum atomic E-state index is 12.7. The highest BCUT2D eigenvalue weighted by Gasteiger charge is 2.23. The Morgan fingerprint density at radius 1 is 1.04 bits per heavy atom. The van der Waals surface area contributed by atoms with Gasteiger partial charge in [-0.25, -0.2) is 8.42 Å². The number of carbonyl (C=O) groups is 1. The summed E-state index contributed by atoms with van der Waals surface area (Å²) in [5.41, 5.74) is 0.316. The molecule has 0 bridgehead atoms. The van der Waals surface area contributed by atoms with E-state index in [9.17, 15) is 13.2 Å². The van der Waals surface area contributed by atoms with Crippen molar-refractivity contribution < 1.29 is 13.2 Å². The number of amides is 1. The predicted molar refractivity (Wildman–Crippen MR) is 111 cm³/mol. The fourth-order valence-corrected chi connectivity index (χ4v) is 4.53. The minimum Gasteiger partial charge on any atom is -0.349 e. The van der Waals surface area contributed by atoms with Gasteiger partial charge in [0.15, 0.2) is 0 Å². The summed E-state index contributed by atoms with van der Waals surface area (Å²) < 4.78 is 27.9. The first-order valence-electron chi connectivity index (χ1n) is 8.26. The number of hydrogen-bond donors (Lipinski definition) is 2. The van der Waals surface area contributed by atoms with Crippen molar-refractivity contribution in [2.24, 2.45) is 0 Å². The van der Waals surface area contributed by atoms with E-state index in [1.807, 2.05) is 13.8 Å². The van der Waals surface area contributed by atoms with Crippen molar-refractivity contribution in [3.05, 3.63) is 57.0 Å². The van der Waals surface area contributed by atoms with E-state index in [0.29, 0.717) is 5.02 Å². The number of nitrogens with one attached hydrogen (secondary N) is 2. The van der Waals surface area contributed by atoms with Crippen LogP contribution in [0.3, 0.4) is 0 Å². The lowest BCUT2D eigenvalue weighted by Gasteiger charge is -2.16. The molecule has 0 aliphatic rings. The van der Waals surface area contributed by atoms with Gasteiger partial charge in [-0.05, 0) is 43.2 Å². The second-order valence-electron chi connectivity index (χ2n) is 5.87. The number of halogens is 3. The molecule has 2 N–H and O–H groups in total. The van der Waals surface area contributed by atoms with Crippen LogP contribution in [0.5, 0.6) is 0 Å². The molecule has 0 radical (unpaired) electrons. The zero-order valence-corrected chi connectivity index (χ0v) is 17.8. The van der Waals surface area contributed by atoms with Crippen LogP contribution >= 0.6 is 34.8 Å². The van der Waals surface area contributed by atoms with Gasteiger partial charge in [-0.1, -0.05) is 54.7 Å². The number of rotatable bonds is 7. The van der Waals surface area contributed by atoms with Gasteiger partial charge in [0.2, 0.25) is 0 Å². The lowest BCUT2D eigenvalue weighted by molar-refractivity contribution is 0.0935. The third-order valence-corrected chi connectivity index (χ3v) is 6.35. The van der Waals surface area contributed by atoms with Gasteiger partial charge < -0.3 is 5.32 Å². The summed E-state index contributed by atoms with van der Waals surface area (Å²) in [7, 11) is -4.05. The molecule has 0 fully saturated rings. The maximum Gasteiger partial charge on any atom is 0.263 e. The standard InChI is InChI=1S/C18H19Cl3N2O3S/c1-3-12(4-2)22-18(24)14-9-17(16(21)10-15(14)20)27(25,26)23-13-7-5-6-11(19)8-13/h5-10,12,23H,3-4H2,1-2H3,(H,22,24). The Hall–Kier alpha value is -1.47. The highest BCUT2D eigenvalue weighted by atomic mass is 35.5. The summed E-state index contributed by atoms with van der Waals surface area (Å²) in [6.45, 7) is 3.89. The molecule has 0 aliphatic carbocycles. The molecule has 1 amide bonds. The highest BCUT2D eigenvalue weighted by molar-refractivity contribution is 7.92. The minimum atomic E-state index is -4.05. The summed E-state index contributed by atoms with van der Waals surface area (Å²) in [5, 5.41) is 3.19. The summed E-state index contributed by atoms with van der Waals surface area (Å²) in [6.07, 6.45) is 1.49. The van der Waals surface area contributed by atoms with Gasteiger partial charge in [0, 0.05) is 11.1 Å². The van der Waals surface area contributed by atoms with Crippen LogP contribution in [0, 0.1) is 0 Å². The van der Waals surface area contributed by atoms with E-state index >= 15 is 0 Å². The number of sulfonamides is 1. The van der Waals surface area contributed by atoms with Gasteiger partial charge in [0.1, 0.15) is 4.90 Å². The van der Waals surface area contributed by atoms with Crippen LogP contribution < -0.4 is 10.0 Å². The molecule has 0 atom stereocenters. The zero-order chi connectivity index (χ0) is 20.2. The molecule has 2 aromatic carbocycles. The minimum absolute atomic E-state index is 0.0334. The van der Waals surface area contributed by atoms with E-state index in [0.717, 1.165) is 12.8 Å². The molecule has 27 heavy (non-hydrogen) atoms. The second-order valence-corrected chi connectivity index (χ2v) is 8.77. The Labute approximate surface area is 174 Å². The van der Waals surface area contributed by atoms with Gasteiger partial charge >= 0.3 is 0 Å². The van der Waals surface area contributed by atoms with Crippen molar-refractivity contribution >= 4 is 56.4 Å². The van der Waals surface area contributed by atoms with Crippen LogP contribution in [0.25, 0.3) is 0 Å². The van der Waals surface area contributed by atoms with Crippen LogP contribution in [0.15, 0.2) is 41.3 Å². The Morgan fingerprint density at radius 3 is 2.30 bits per heavy atom. The van der Waals surface area contributed by atoms with E-state index in [1.54, 1.807) is 18.2 Å². The summed E-state index contributed by atoms with van der Waals surface area (Å²) in [6, 6.07) is 8.63. The Kier molecular flexibility index (Phi) is 7.40. The van der Waals surface area contributed by atoms with E-state index in [-0.39, 0.29) is 32.2 Å². The third kappa shape index (κ3) is 5.51. The second kappa shape index (κ2) is 9.15. The van der Waals surface area contributed by atoms with Crippen LogP contribution in [0.4, 0.5) is 5.69 Å². The molecular formula is C18H19Cl3N2O3S. The van der Waals surface area contributed by atoms with Crippen LogP contribution in [0.2, 0.25) is 15.1 Å². The van der Waals surface area contributed by atoms with Crippen molar-refractivity contribution in [2.45, 2.75) is 37.6 Å². The van der Waals surface area contributed by atoms with Crippen LogP contribution in [0.1, 0.15) is 37.0 Å². The fraction of sp³-hybridized carbons (Fsp3) is 0.278. The first-order chi connectivity index (χ1) is 12.7. The SMILES string of the molecule is CCC(CC)NC(=O)c1cc(S(=O)(=O)Nc2cccc(Cl)c2)c(Cl)cc1Cl. The van der Waals surface area contributed by atoms with Gasteiger partial charge in [0.05, 0.1) is 21.3 Å². The molecule has 0 aromatic heterocycles. The van der Waals surface area contributed by atoms with E-state index in [4.69, 9.17) is 34.8 Å². The molecule has 0 saturated heterocycles. The van der Waals surface area contributed by atoms with Crippen LogP contribution in [-0.2, 0) is 10.0 Å². The van der Waals surface area contributed by atoms with Crippen molar-refractivity contribution in [1.82, 2.24) is 5.32 Å². The maximum absolute atomic E-state index is 12.7. The molecule has 2 aromatic rings. The smallest absolute Gasteiger partial charge is 0.263 e. The normalized spacial score (nSPS) is 11.5. The quantitative estimate of drug-likeness (QED) is 0.597. The first kappa shape index (κ1) is 21.8. The third-order valence-electron chi connectivity index (χ3n) is 3.95. The number of anilines is 1.